The average molecular weight is 709 g/mol. The van der Waals surface area contributed by atoms with E-state index in [4.69, 9.17) is 19.1 Å². The molecular formula is C38H36N4O10. The lowest BCUT2D eigenvalue weighted by Gasteiger charge is -2.37. The van der Waals surface area contributed by atoms with Gasteiger partial charge in [0.2, 0.25) is 0 Å². The van der Waals surface area contributed by atoms with Crippen molar-refractivity contribution in [2.45, 2.75) is 36.9 Å². The lowest BCUT2D eigenvalue weighted by Crippen LogP contribution is -2.45. The van der Waals surface area contributed by atoms with Crippen molar-refractivity contribution >= 4 is 23.3 Å². The lowest BCUT2D eigenvalue weighted by molar-refractivity contribution is -0.385. The molecule has 6 rings (SSSR count). The number of hydrogen-bond donors (Lipinski definition) is 0. The van der Waals surface area contributed by atoms with Gasteiger partial charge in [0.05, 0.1) is 9.85 Å². The highest BCUT2D eigenvalue weighted by atomic mass is 16.7. The van der Waals surface area contributed by atoms with E-state index in [1.165, 1.54) is 34.4 Å². The summed E-state index contributed by atoms with van der Waals surface area (Å²) in [6.45, 7) is 1.37. The first-order valence-electron chi connectivity index (χ1n) is 16.8. The minimum Gasteiger partial charge on any atom is -0.490 e. The fourth-order valence-corrected chi connectivity index (χ4v) is 6.38. The molecule has 0 aromatic heterocycles. The molecule has 268 valence electrons. The number of piperidine rings is 2. The second kappa shape index (κ2) is 16.7. The number of rotatable bonds is 12. The van der Waals surface area contributed by atoms with Crippen LogP contribution in [-0.4, -0.2) is 70.3 Å². The number of carbonyl (C=O) groups is 2. The monoisotopic (exact) mass is 708 g/mol. The van der Waals surface area contributed by atoms with Crippen molar-refractivity contribution in [3.05, 3.63) is 153 Å². The van der Waals surface area contributed by atoms with E-state index < -0.39 is 21.8 Å². The normalized spacial score (nSPS) is 20.8. The van der Waals surface area contributed by atoms with Crippen LogP contribution in [0.1, 0.15) is 35.8 Å². The number of nitrogens with zero attached hydrogens (tertiary/aromatic N) is 4. The van der Waals surface area contributed by atoms with E-state index in [1.807, 2.05) is 60.7 Å². The molecule has 2 heterocycles. The standard InChI is InChI=1S/C38H36N4O10/c43-37(51-39-23-21-35(33(25-39)27-7-3-1-4-8-27)49-31-15-11-29(12-16-31)41(45)46)19-20-38(44)52-40-24-22-36(34(26-40)28-9-5-2-6-10-28)50-32-17-13-30(14-18-32)42(47)48/h1-20,33-36H,21-26H2/b20-19-. The van der Waals surface area contributed by atoms with Gasteiger partial charge in [-0.2, -0.15) is 0 Å². The summed E-state index contributed by atoms with van der Waals surface area (Å²) in [6.07, 6.45) is 2.49. The fraction of sp³-hybridized carbons (Fsp3) is 0.263. The van der Waals surface area contributed by atoms with Crippen LogP contribution in [0, 0.1) is 20.2 Å². The molecule has 2 fully saturated rings. The summed E-state index contributed by atoms with van der Waals surface area (Å²) in [5.74, 6) is -0.847. The van der Waals surface area contributed by atoms with Gasteiger partial charge in [-0.05, 0) is 35.4 Å². The predicted octanol–water partition coefficient (Wildman–Crippen LogP) is 6.15. The summed E-state index contributed by atoms with van der Waals surface area (Å²) < 4.78 is 12.5. The molecule has 0 radical (unpaired) electrons. The molecule has 0 N–H and O–H groups in total. The third kappa shape index (κ3) is 9.35. The Morgan fingerprint density at radius 2 is 0.942 bits per heavy atom. The Hall–Kier alpha value is -6.12. The summed E-state index contributed by atoms with van der Waals surface area (Å²) in [5.41, 5.74) is 1.89. The van der Waals surface area contributed by atoms with E-state index in [0.717, 1.165) is 23.3 Å². The zero-order valence-electron chi connectivity index (χ0n) is 28.0. The minimum absolute atomic E-state index is 0.0296. The van der Waals surface area contributed by atoms with Crippen LogP contribution >= 0.6 is 0 Å². The van der Waals surface area contributed by atoms with Crippen LogP contribution in [0.2, 0.25) is 0 Å². The molecule has 0 aliphatic carbocycles. The second-order valence-electron chi connectivity index (χ2n) is 12.4. The maximum atomic E-state index is 12.8. The number of hydrogen-bond acceptors (Lipinski definition) is 12. The molecule has 4 aromatic rings. The summed E-state index contributed by atoms with van der Waals surface area (Å²) in [4.78, 5) is 58.0. The number of nitro groups is 2. The molecule has 0 saturated carbocycles. The quantitative estimate of drug-likeness (QED) is 0.0938. The van der Waals surface area contributed by atoms with Gasteiger partial charge in [-0.25, -0.2) is 9.59 Å². The fourth-order valence-electron chi connectivity index (χ4n) is 6.38. The van der Waals surface area contributed by atoms with E-state index in [0.29, 0.717) is 50.5 Å². The van der Waals surface area contributed by atoms with Crippen molar-refractivity contribution < 1.29 is 38.6 Å². The predicted molar refractivity (Wildman–Crippen MR) is 187 cm³/mol. The van der Waals surface area contributed by atoms with Gasteiger partial charge in [0, 0.05) is 87.3 Å². The van der Waals surface area contributed by atoms with Crippen LogP contribution in [0.25, 0.3) is 0 Å². The zero-order chi connectivity index (χ0) is 36.5. The third-order valence-corrected chi connectivity index (χ3v) is 8.94. The Bertz CT molecular complexity index is 1740. The molecule has 4 aromatic carbocycles. The molecule has 2 aliphatic rings. The smallest absolute Gasteiger partial charge is 0.349 e. The van der Waals surface area contributed by atoms with Crippen LogP contribution < -0.4 is 9.47 Å². The van der Waals surface area contributed by atoms with Gasteiger partial charge in [0.15, 0.2) is 0 Å². The van der Waals surface area contributed by atoms with E-state index in [9.17, 15) is 29.8 Å². The Balaban J connectivity index is 1.03. The molecule has 4 unspecified atom stereocenters. The van der Waals surface area contributed by atoms with Crippen LogP contribution in [0.3, 0.4) is 0 Å². The molecule has 14 nitrogen and oxygen atoms in total. The van der Waals surface area contributed by atoms with Crippen molar-refractivity contribution in [1.29, 1.82) is 0 Å². The highest BCUT2D eigenvalue weighted by Gasteiger charge is 2.35. The van der Waals surface area contributed by atoms with Crippen LogP contribution in [0.15, 0.2) is 121 Å². The van der Waals surface area contributed by atoms with Gasteiger partial charge in [0.25, 0.3) is 11.4 Å². The van der Waals surface area contributed by atoms with Gasteiger partial charge < -0.3 is 19.1 Å². The second-order valence-corrected chi connectivity index (χ2v) is 12.4. The highest BCUT2D eigenvalue weighted by Crippen LogP contribution is 2.33. The summed E-state index contributed by atoms with van der Waals surface area (Å²) in [5, 5.41) is 25.2. The van der Waals surface area contributed by atoms with Crippen LogP contribution in [0.4, 0.5) is 11.4 Å². The molecule has 2 saturated heterocycles. The Morgan fingerprint density at radius 3 is 1.29 bits per heavy atom. The molecule has 2 aliphatic heterocycles. The first-order chi connectivity index (χ1) is 25.2. The molecule has 14 heteroatoms. The molecule has 0 amide bonds. The van der Waals surface area contributed by atoms with Crippen molar-refractivity contribution in [1.82, 2.24) is 10.1 Å². The molecule has 52 heavy (non-hydrogen) atoms. The molecular weight excluding hydrogens is 672 g/mol. The summed E-state index contributed by atoms with van der Waals surface area (Å²) >= 11 is 0. The van der Waals surface area contributed by atoms with Crippen molar-refractivity contribution in [2.75, 3.05) is 26.2 Å². The van der Waals surface area contributed by atoms with Crippen molar-refractivity contribution in [3.8, 4) is 11.5 Å². The van der Waals surface area contributed by atoms with Gasteiger partial charge in [-0.1, -0.05) is 60.7 Å². The number of carbonyl (C=O) groups excluding carboxylic acids is 2. The number of benzene rings is 4. The maximum absolute atomic E-state index is 12.8. The van der Waals surface area contributed by atoms with E-state index in [1.54, 1.807) is 24.3 Å². The zero-order valence-corrected chi connectivity index (χ0v) is 28.0. The highest BCUT2D eigenvalue weighted by molar-refractivity contribution is 5.91. The Morgan fingerprint density at radius 1 is 0.577 bits per heavy atom. The van der Waals surface area contributed by atoms with Gasteiger partial charge in [-0.3, -0.25) is 20.2 Å². The first kappa shape index (κ1) is 35.7. The first-order valence-corrected chi connectivity index (χ1v) is 16.8. The molecule has 4 atom stereocenters. The Labute approximate surface area is 299 Å². The number of non-ortho nitro benzene ring substituents is 2. The number of nitro benzene ring substituents is 2. The average Bonchev–Trinajstić information content (AvgIpc) is 3.16. The van der Waals surface area contributed by atoms with Crippen molar-refractivity contribution in [2.24, 2.45) is 0 Å². The van der Waals surface area contributed by atoms with Crippen LogP contribution in [-0.2, 0) is 19.3 Å². The summed E-state index contributed by atoms with van der Waals surface area (Å²) in [7, 11) is 0. The van der Waals surface area contributed by atoms with E-state index in [-0.39, 0.29) is 35.4 Å². The third-order valence-electron chi connectivity index (χ3n) is 8.94. The van der Waals surface area contributed by atoms with Gasteiger partial charge in [0.1, 0.15) is 23.7 Å². The van der Waals surface area contributed by atoms with Crippen LogP contribution in [0.5, 0.6) is 11.5 Å². The maximum Gasteiger partial charge on any atom is 0.349 e. The minimum atomic E-state index is -0.740. The topological polar surface area (TPSA) is 164 Å². The number of ether oxygens (including phenoxy) is 2. The summed E-state index contributed by atoms with van der Waals surface area (Å²) in [6, 6.07) is 31.1. The van der Waals surface area contributed by atoms with Gasteiger partial charge >= 0.3 is 11.9 Å². The van der Waals surface area contributed by atoms with E-state index >= 15 is 0 Å². The van der Waals surface area contributed by atoms with Crippen molar-refractivity contribution in [3.63, 3.8) is 0 Å². The lowest BCUT2D eigenvalue weighted by atomic mass is 9.88. The SMILES string of the molecule is O=C(/C=C\C(=O)ON1CCC(Oc2ccc([N+](=O)[O-])cc2)C(c2ccccc2)C1)ON1CCC(Oc2ccc([N+](=O)[O-])cc2)C(c2ccccc2)C1. The van der Waals surface area contributed by atoms with E-state index in [2.05, 4.69) is 0 Å². The molecule has 0 bridgehead atoms. The van der Waals surface area contributed by atoms with Gasteiger partial charge in [-0.15, -0.1) is 10.1 Å². The number of hydroxylamine groups is 4. The Kier molecular flexibility index (Phi) is 11.5. The largest absolute Gasteiger partial charge is 0.490 e. The molecule has 0 spiro atoms.